The molecule has 0 bridgehead atoms. The summed E-state index contributed by atoms with van der Waals surface area (Å²) in [6.45, 7) is 2.57. The van der Waals surface area contributed by atoms with Gasteiger partial charge >= 0.3 is 0 Å². The Kier molecular flexibility index (Phi) is 16.8. The number of unbranched alkanes of at least 4 members (excludes halogenated alkanes) is 12. The lowest BCUT2D eigenvalue weighted by Crippen LogP contribution is -2.42. The molecule has 1 fully saturated rings. The summed E-state index contributed by atoms with van der Waals surface area (Å²) in [7, 11) is 0. The molecule has 5 heteroatoms. The lowest BCUT2D eigenvalue weighted by Gasteiger charge is -2.23. The van der Waals surface area contributed by atoms with Gasteiger partial charge in [0, 0.05) is 6.61 Å². The van der Waals surface area contributed by atoms with E-state index < -0.39 is 24.4 Å². The van der Waals surface area contributed by atoms with E-state index in [9.17, 15) is 10.2 Å². The van der Waals surface area contributed by atoms with Crippen molar-refractivity contribution in [2.24, 2.45) is 0 Å². The van der Waals surface area contributed by atoms with Crippen molar-refractivity contribution in [2.45, 2.75) is 121 Å². The minimum atomic E-state index is -1.01. The highest BCUT2D eigenvalue weighted by atomic mass is 16.6. The quantitative estimate of drug-likeness (QED) is 0.214. The van der Waals surface area contributed by atoms with E-state index in [2.05, 4.69) is 19.1 Å². The molecule has 0 unspecified atom stereocenters. The van der Waals surface area contributed by atoms with Crippen LogP contribution in [0.3, 0.4) is 0 Å². The number of rotatable bonds is 19. The molecule has 0 radical (unpaired) electrons. The van der Waals surface area contributed by atoms with Gasteiger partial charge in [0.2, 0.25) is 0 Å². The van der Waals surface area contributed by atoms with E-state index in [4.69, 9.17) is 14.6 Å². The molecule has 29 heavy (non-hydrogen) atoms. The molecular formula is C24H46O5. The summed E-state index contributed by atoms with van der Waals surface area (Å²) in [5, 5.41) is 28.6. The molecule has 0 saturated carbocycles. The molecule has 1 aliphatic heterocycles. The molecule has 3 N–H and O–H groups in total. The summed E-state index contributed by atoms with van der Waals surface area (Å²) in [6, 6.07) is 0. The van der Waals surface area contributed by atoms with Gasteiger partial charge in [0.05, 0.1) is 13.2 Å². The van der Waals surface area contributed by atoms with Crippen molar-refractivity contribution >= 4 is 0 Å². The lowest BCUT2D eigenvalue weighted by atomic mass is 10.1. The first-order valence-corrected chi connectivity index (χ1v) is 12.1. The Morgan fingerprint density at radius 2 is 1.45 bits per heavy atom. The van der Waals surface area contributed by atoms with E-state index in [1.165, 1.54) is 64.2 Å². The first kappa shape index (κ1) is 26.6. The summed E-state index contributed by atoms with van der Waals surface area (Å²) in [5.41, 5.74) is 0. The molecule has 5 nitrogen and oxygen atoms in total. The van der Waals surface area contributed by atoms with Gasteiger partial charge in [-0.2, -0.15) is 0 Å². The fourth-order valence-electron chi connectivity index (χ4n) is 3.83. The maximum Gasteiger partial charge on any atom is 0.114 e. The van der Waals surface area contributed by atoms with Crippen LogP contribution in [0.15, 0.2) is 12.2 Å². The topological polar surface area (TPSA) is 79.2 Å². The average Bonchev–Trinajstić information content (AvgIpc) is 3.10. The Hall–Kier alpha value is -0.460. The monoisotopic (exact) mass is 414 g/mol. The van der Waals surface area contributed by atoms with Crippen molar-refractivity contribution in [3.05, 3.63) is 12.2 Å². The third kappa shape index (κ3) is 12.7. The van der Waals surface area contributed by atoms with E-state index >= 15 is 0 Å². The zero-order valence-electron chi connectivity index (χ0n) is 18.6. The first-order valence-electron chi connectivity index (χ1n) is 12.1. The van der Waals surface area contributed by atoms with Crippen LogP contribution in [0.4, 0.5) is 0 Å². The molecule has 1 saturated heterocycles. The molecule has 1 aliphatic rings. The van der Waals surface area contributed by atoms with Gasteiger partial charge in [0.1, 0.15) is 24.4 Å². The standard InChI is InChI=1S/C24H46O5/c1-2-3-4-5-6-7-8-9-10-11-12-13-14-15-16-17-18-28-24-22(27)20-29-23(24)21(26)19-25/h12-13,21-27H,2-11,14-20H2,1H3/b13-12+/t21-,22+,23-,24-/m1/s1. The van der Waals surface area contributed by atoms with Gasteiger partial charge < -0.3 is 24.8 Å². The lowest BCUT2D eigenvalue weighted by molar-refractivity contribution is -0.0937. The molecule has 0 aromatic carbocycles. The molecule has 0 aromatic heterocycles. The van der Waals surface area contributed by atoms with Crippen LogP contribution in [0.25, 0.3) is 0 Å². The summed E-state index contributed by atoms with van der Waals surface area (Å²) in [5.74, 6) is 0. The second-order valence-corrected chi connectivity index (χ2v) is 8.39. The first-order chi connectivity index (χ1) is 14.2. The average molecular weight is 415 g/mol. The van der Waals surface area contributed by atoms with Crippen LogP contribution in [0.2, 0.25) is 0 Å². The van der Waals surface area contributed by atoms with Gasteiger partial charge in [-0.3, -0.25) is 0 Å². The van der Waals surface area contributed by atoms with Crippen LogP contribution in [0, 0.1) is 0 Å². The minimum absolute atomic E-state index is 0.149. The highest BCUT2D eigenvalue weighted by Crippen LogP contribution is 2.21. The molecule has 0 aliphatic carbocycles. The van der Waals surface area contributed by atoms with Crippen molar-refractivity contribution in [1.82, 2.24) is 0 Å². The maximum absolute atomic E-state index is 9.89. The van der Waals surface area contributed by atoms with E-state index in [1.54, 1.807) is 0 Å². The third-order valence-electron chi connectivity index (χ3n) is 5.70. The van der Waals surface area contributed by atoms with E-state index in [0.29, 0.717) is 6.61 Å². The smallest absolute Gasteiger partial charge is 0.114 e. The van der Waals surface area contributed by atoms with Gasteiger partial charge in [0.25, 0.3) is 0 Å². The molecule has 172 valence electrons. The Bertz CT molecular complexity index is 387. The largest absolute Gasteiger partial charge is 0.394 e. The maximum atomic E-state index is 9.89. The third-order valence-corrected chi connectivity index (χ3v) is 5.70. The molecular weight excluding hydrogens is 368 g/mol. The van der Waals surface area contributed by atoms with Crippen LogP contribution in [0.5, 0.6) is 0 Å². The van der Waals surface area contributed by atoms with Gasteiger partial charge in [-0.1, -0.05) is 76.9 Å². The van der Waals surface area contributed by atoms with Crippen molar-refractivity contribution in [1.29, 1.82) is 0 Å². The Labute approximate surface area is 178 Å². The predicted molar refractivity (Wildman–Crippen MR) is 118 cm³/mol. The number of hydrogen-bond acceptors (Lipinski definition) is 5. The number of aliphatic hydroxyl groups is 3. The van der Waals surface area contributed by atoms with Crippen LogP contribution >= 0.6 is 0 Å². The molecule has 1 heterocycles. The van der Waals surface area contributed by atoms with Gasteiger partial charge in [-0.05, 0) is 32.1 Å². The highest BCUT2D eigenvalue weighted by molar-refractivity contribution is 4.89. The fourth-order valence-corrected chi connectivity index (χ4v) is 3.83. The van der Waals surface area contributed by atoms with Crippen molar-refractivity contribution in [3.63, 3.8) is 0 Å². The molecule has 0 amide bonds. The normalized spacial score (nSPS) is 23.2. The Morgan fingerprint density at radius 3 is 2.03 bits per heavy atom. The zero-order chi connectivity index (χ0) is 21.2. The molecule has 0 aromatic rings. The van der Waals surface area contributed by atoms with Crippen LogP contribution in [-0.2, 0) is 9.47 Å². The number of ether oxygens (including phenoxy) is 2. The number of allylic oxidation sites excluding steroid dienone is 2. The van der Waals surface area contributed by atoms with Crippen LogP contribution < -0.4 is 0 Å². The SMILES string of the molecule is CCCCCCCCCCC/C=C/CCCCCO[C@H]1[C@@H]([C@H](O)CO)OC[C@@H]1O. The second-order valence-electron chi connectivity index (χ2n) is 8.39. The Morgan fingerprint density at radius 1 is 0.897 bits per heavy atom. The van der Waals surface area contributed by atoms with Crippen LogP contribution in [-0.4, -0.2) is 59.6 Å². The van der Waals surface area contributed by atoms with Gasteiger partial charge in [-0.15, -0.1) is 0 Å². The van der Waals surface area contributed by atoms with Gasteiger partial charge in [0.15, 0.2) is 0 Å². The summed E-state index contributed by atoms with van der Waals surface area (Å²) < 4.78 is 11.0. The van der Waals surface area contributed by atoms with Crippen LogP contribution in [0.1, 0.15) is 96.8 Å². The summed E-state index contributed by atoms with van der Waals surface area (Å²) in [4.78, 5) is 0. The van der Waals surface area contributed by atoms with E-state index in [0.717, 1.165) is 25.7 Å². The van der Waals surface area contributed by atoms with E-state index in [1.807, 2.05) is 0 Å². The predicted octanol–water partition coefficient (Wildman–Crippen LogP) is 4.52. The minimum Gasteiger partial charge on any atom is -0.394 e. The zero-order valence-corrected chi connectivity index (χ0v) is 18.6. The molecule has 4 atom stereocenters. The van der Waals surface area contributed by atoms with Crippen molar-refractivity contribution in [2.75, 3.05) is 19.8 Å². The highest BCUT2D eigenvalue weighted by Gasteiger charge is 2.40. The molecule has 1 rings (SSSR count). The fraction of sp³-hybridized carbons (Fsp3) is 0.917. The summed E-state index contributed by atoms with van der Waals surface area (Å²) in [6.07, 6.45) is 19.6. The van der Waals surface area contributed by atoms with E-state index in [-0.39, 0.29) is 13.2 Å². The van der Waals surface area contributed by atoms with Crippen molar-refractivity contribution < 1.29 is 24.8 Å². The summed E-state index contributed by atoms with van der Waals surface area (Å²) >= 11 is 0. The second kappa shape index (κ2) is 18.3. The van der Waals surface area contributed by atoms with Crippen molar-refractivity contribution in [3.8, 4) is 0 Å². The number of aliphatic hydroxyl groups excluding tert-OH is 3. The number of hydrogen-bond donors (Lipinski definition) is 3. The Balaban J connectivity index is 1.88. The molecule has 0 spiro atoms. The van der Waals surface area contributed by atoms with Gasteiger partial charge in [-0.25, -0.2) is 0 Å².